The van der Waals surface area contributed by atoms with Crippen LogP contribution in [0.1, 0.15) is 18.1 Å². The molecule has 0 saturated carbocycles. The molecule has 0 aliphatic rings. The lowest BCUT2D eigenvalue weighted by atomic mass is 10.2. The second-order valence-electron chi connectivity index (χ2n) is 4.06. The topological polar surface area (TPSA) is 48.1 Å². The Morgan fingerprint density at radius 3 is 2.56 bits per heavy atom. The lowest BCUT2D eigenvalue weighted by molar-refractivity contribution is 0.459. The highest BCUT2D eigenvalue weighted by Crippen LogP contribution is 2.32. The van der Waals surface area contributed by atoms with Gasteiger partial charge >= 0.3 is 0 Å². The standard InChI is InChI=1S/C14H15BrN2O/c1-3-10-4-6-11(7-5-10)18-14-13(15)9(2)12(16)8-17-14/h4-8H,3,16H2,1-2H3. The molecule has 2 N–H and O–H groups in total. The molecule has 1 aromatic carbocycles. The van der Waals surface area contributed by atoms with E-state index in [1.54, 1.807) is 6.20 Å². The number of nitrogens with two attached hydrogens (primary N) is 1. The number of aryl methyl sites for hydroxylation is 1. The number of nitrogen functional groups attached to an aromatic ring is 1. The van der Waals surface area contributed by atoms with Crippen LogP contribution in [0.5, 0.6) is 11.6 Å². The molecule has 2 aromatic rings. The second kappa shape index (κ2) is 5.40. The summed E-state index contributed by atoms with van der Waals surface area (Å²) < 4.78 is 6.52. The third-order valence-corrected chi connectivity index (χ3v) is 3.75. The Morgan fingerprint density at radius 2 is 1.94 bits per heavy atom. The van der Waals surface area contributed by atoms with E-state index in [4.69, 9.17) is 10.5 Å². The zero-order valence-electron chi connectivity index (χ0n) is 10.4. The van der Waals surface area contributed by atoms with Gasteiger partial charge < -0.3 is 10.5 Å². The Bertz CT molecular complexity index is 552. The van der Waals surface area contributed by atoms with Gasteiger partial charge in [-0.3, -0.25) is 0 Å². The fraction of sp³-hybridized carbons (Fsp3) is 0.214. The molecular formula is C14H15BrN2O. The number of anilines is 1. The lowest BCUT2D eigenvalue weighted by Crippen LogP contribution is -1.96. The average molecular weight is 307 g/mol. The highest BCUT2D eigenvalue weighted by atomic mass is 79.9. The molecule has 0 aliphatic carbocycles. The maximum atomic E-state index is 5.77. The fourth-order valence-corrected chi connectivity index (χ4v) is 1.96. The van der Waals surface area contributed by atoms with E-state index in [9.17, 15) is 0 Å². The molecule has 0 unspecified atom stereocenters. The van der Waals surface area contributed by atoms with E-state index in [1.165, 1.54) is 5.56 Å². The van der Waals surface area contributed by atoms with Gasteiger partial charge in [-0.15, -0.1) is 0 Å². The maximum absolute atomic E-state index is 5.77. The van der Waals surface area contributed by atoms with Gasteiger partial charge in [-0.05, 0) is 52.5 Å². The number of pyridine rings is 1. The fourth-order valence-electron chi connectivity index (χ4n) is 1.54. The number of benzene rings is 1. The smallest absolute Gasteiger partial charge is 0.233 e. The van der Waals surface area contributed by atoms with Gasteiger partial charge in [0.2, 0.25) is 5.88 Å². The second-order valence-corrected chi connectivity index (χ2v) is 4.85. The first-order valence-electron chi connectivity index (χ1n) is 5.79. The van der Waals surface area contributed by atoms with Crippen molar-refractivity contribution in [1.82, 2.24) is 4.98 Å². The Hall–Kier alpha value is -1.55. The summed E-state index contributed by atoms with van der Waals surface area (Å²) in [4.78, 5) is 4.18. The van der Waals surface area contributed by atoms with Gasteiger partial charge in [0.05, 0.1) is 16.4 Å². The first kappa shape index (κ1) is 12.9. The largest absolute Gasteiger partial charge is 0.438 e. The molecule has 1 heterocycles. The van der Waals surface area contributed by atoms with Crippen molar-refractivity contribution in [2.75, 3.05) is 5.73 Å². The third-order valence-electron chi connectivity index (χ3n) is 2.82. The van der Waals surface area contributed by atoms with Gasteiger partial charge in [0.1, 0.15) is 5.75 Å². The molecule has 1 aromatic heterocycles. The minimum absolute atomic E-state index is 0.533. The Balaban J connectivity index is 2.25. The number of aromatic nitrogens is 1. The maximum Gasteiger partial charge on any atom is 0.233 e. The molecule has 18 heavy (non-hydrogen) atoms. The van der Waals surface area contributed by atoms with Crippen LogP contribution in [-0.4, -0.2) is 4.98 Å². The lowest BCUT2D eigenvalue weighted by Gasteiger charge is -2.10. The molecule has 0 aliphatic heterocycles. The van der Waals surface area contributed by atoms with E-state index in [0.29, 0.717) is 11.6 Å². The van der Waals surface area contributed by atoms with Crippen LogP contribution in [0.4, 0.5) is 5.69 Å². The van der Waals surface area contributed by atoms with E-state index in [1.807, 2.05) is 31.2 Å². The molecule has 94 valence electrons. The van der Waals surface area contributed by atoms with Gasteiger partial charge in [0.15, 0.2) is 0 Å². The summed E-state index contributed by atoms with van der Waals surface area (Å²) >= 11 is 3.45. The van der Waals surface area contributed by atoms with Crippen LogP contribution in [0.25, 0.3) is 0 Å². The van der Waals surface area contributed by atoms with Gasteiger partial charge in [-0.1, -0.05) is 19.1 Å². The van der Waals surface area contributed by atoms with Crippen molar-refractivity contribution >= 4 is 21.6 Å². The van der Waals surface area contributed by atoms with Crippen molar-refractivity contribution in [3.05, 3.63) is 46.1 Å². The number of ether oxygens (including phenoxy) is 1. The molecular weight excluding hydrogens is 292 g/mol. The van der Waals surface area contributed by atoms with Crippen LogP contribution < -0.4 is 10.5 Å². The van der Waals surface area contributed by atoms with Crippen LogP contribution in [0.15, 0.2) is 34.9 Å². The van der Waals surface area contributed by atoms with E-state index >= 15 is 0 Å². The molecule has 0 saturated heterocycles. The highest BCUT2D eigenvalue weighted by molar-refractivity contribution is 9.10. The average Bonchev–Trinajstić information content (AvgIpc) is 2.40. The summed E-state index contributed by atoms with van der Waals surface area (Å²) in [6.07, 6.45) is 2.62. The highest BCUT2D eigenvalue weighted by Gasteiger charge is 2.09. The number of hydrogen-bond acceptors (Lipinski definition) is 3. The number of hydrogen-bond donors (Lipinski definition) is 1. The van der Waals surface area contributed by atoms with Crippen molar-refractivity contribution < 1.29 is 4.74 Å². The Kier molecular flexibility index (Phi) is 3.87. The number of nitrogens with zero attached hydrogens (tertiary/aromatic N) is 1. The van der Waals surface area contributed by atoms with Crippen molar-refractivity contribution in [1.29, 1.82) is 0 Å². The van der Waals surface area contributed by atoms with E-state index in [2.05, 4.69) is 27.8 Å². The van der Waals surface area contributed by atoms with E-state index in [-0.39, 0.29) is 0 Å². The summed E-state index contributed by atoms with van der Waals surface area (Å²) in [5.41, 5.74) is 8.64. The summed E-state index contributed by atoms with van der Waals surface area (Å²) in [5, 5.41) is 0. The molecule has 4 heteroatoms. The zero-order valence-corrected chi connectivity index (χ0v) is 12.0. The SMILES string of the molecule is CCc1ccc(Oc2ncc(N)c(C)c2Br)cc1. The van der Waals surface area contributed by atoms with Gasteiger partial charge in [0.25, 0.3) is 0 Å². The molecule has 0 bridgehead atoms. The van der Waals surface area contributed by atoms with Crippen LogP contribution in [0.3, 0.4) is 0 Å². The van der Waals surface area contributed by atoms with Crippen molar-refractivity contribution in [2.24, 2.45) is 0 Å². The minimum atomic E-state index is 0.533. The Morgan fingerprint density at radius 1 is 1.28 bits per heavy atom. The van der Waals surface area contributed by atoms with E-state index < -0.39 is 0 Å². The predicted octanol–water partition coefficient (Wildman–Crippen LogP) is 4.09. The van der Waals surface area contributed by atoms with Gasteiger partial charge in [-0.2, -0.15) is 0 Å². The van der Waals surface area contributed by atoms with Crippen LogP contribution in [-0.2, 0) is 6.42 Å². The zero-order chi connectivity index (χ0) is 13.1. The molecule has 0 atom stereocenters. The molecule has 0 amide bonds. The third kappa shape index (κ3) is 2.64. The van der Waals surface area contributed by atoms with Crippen molar-refractivity contribution in [3.8, 4) is 11.6 Å². The normalized spacial score (nSPS) is 10.4. The quantitative estimate of drug-likeness (QED) is 0.929. The molecule has 2 rings (SSSR count). The minimum Gasteiger partial charge on any atom is -0.438 e. The van der Waals surface area contributed by atoms with Gasteiger partial charge in [-0.25, -0.2) is 4.98 Å². The van der Waals surface area contributed by atoms with Crippen molar-refractivity contribution in [3.63, 3.8) is 0 Å². The van der Waals surface area contributed by atoms with Crippen LogP contribution in [0, 0.1) is 6.92 Å². The number of halogens is 1. The number of rotatable bonds is 3. The first-order valence-corrected chi connectivity index (χ1v) is 6.58. The summed E-state index contributed by atoms with van der Waals surface area (Å²) in [7, 11) is 0. The van der Waals surface area contributed by atoms with E-state index in [0.717, 1.165) is 22.2 Å². The van der Waals surface area contributed by atoms with Crippen LogP contribution >= 0.6 is 15.9 Å². The van der Waals surface area contributed by atoms with Crippen molar-refractivity contribution in [2.45, 2.75) is 20.3 Å². The molecule has 0 radical (unpaired) electrons. The Labute approximate surface area is 115 Å². The van der Waals surface area contributed by atoms with Crippen LogP contribution in [0.2, 0.25) is 0 Å². The molecule has 0 spiro atoms. The van der Waals surface area contributed by atoms with Gasteiger partial charge in [0, 0.05) is 0 Å². The molecule has 0 fully saturated rings. The predicted molar refractivity (Wildman–Crippen MR) is 77.0 cm³/mol. The molecule has 3 nitrogen and oxygen atoms in total. The summed E-state index contributed by atoms with van der Waals surface area (Å²) in [5.74, 6) is 1.30. The monoisotopic (exact) mass is 306 g/mol. The summed E-state index contributed by atoms with van der Waals surface area (Å²) in [6.45, 7) is 4.05. The summed E-state index contributed by atoms with van der Waals surface area (Å²) in [6, 6.07) is 7.98. The first-order chi connectivity index (χ1) is 8.61.